The zero-order chi connectivity index (χ0) is 8.97. The normalized spacial score (nSPS) is 22.3. The Morgan fingerprint density at radius 3 is 2.33 bits per heavy atom. The van der Waals surface area contributed by atoms with E-state index in [9.17, 15) is 4.79 Å². The Morgan fingerprint density at radius 2 is 1.92 bits per heavy atom. The van der Waals surface area contributed by atoms with Gasteiger partial charge in [-0.15, -0.1) is 0 Å². The van der Waals surface area contributed by atoms with Crippen LogP contribution in [0.15, 0.2) is 0 Å². The lowest BCUT2D eigenvalue weighted by molar-refractivity contribution is -0.120. The van der Waals surface area contributed by atoms with E-state index in [2.05, 4.69) is 18.7 Å². The van der Waals surface area contributed by atoms with Crippen molar-refractivity contribution in [1.82, 2.24) is 9.80 Å². The standard InChI is InChI=1S/C9H18N2O/c1-3-9(2)11-6-4-10(8-12)5-7-11/h8-9H,3-7H2,1-2H3/t9-/m1/s1. The summed E-state index contributed by atoms with van der Waals surface area (Å²) in [6, 6.07) is 0.666. The molecule has 1 atom stereocenters. The molecule has 0 bridgehead atoms. The maximum absolute atomic E-state index is 10.4. The lowest BCUT2D eigenvalue weighted by Gasteiger charge is -2.36. The van der Waals surface area contributed by atoms with Gasteiger partial charge in [0, 0.05) is 32.2 Å². The molecule has 1 aliphatic rings. The first-order chi connectivity index (χ1) is 5.77. The predicted octanol–water partition coefficient (Wildman–Crippen LogP) is 0.559. The van der Waals surface area contributed by atoms with Crippen LogP contribution >= 0.6 is 0 Å². The van der Waals surface area contributed by atoms with Crippen LogP contribution in [0.25, 0.3) is 0 Å². The van der Waals surface area contributed by atoms with Crippen LogP contribution < -0.4 is 0 Å². The van der Waals surface area contributed by atoms with Crippen molar-refractivity contribution in [2.75, 3.05) is 26.2 Å². The van der Waals surface area contributed by atoms with E-state index in [1.54, 1.807) is 0 Å². The van der Waals surface area contributed by atoms with Crippen LogP contribution in [0.2, 0.25) is 0 Å². The fraction of sp³-hybridized carbons (Fsp3) is 0.889. The number of amides is 1. The summed E-state index contributed by atoms with van der Waals surface area (Å²) in [5, 5.41) is 0. The summed E-state index contributed by atoms with van der Waals surface area (Å²) in [5.41, 5.74) is 0. The molecule has 0 radical (unpaired) electrons. The lowest BCUT2D eigenvalue weighted by atomic mass is 10.2. The second-order valence-corrected chi connectivity index (χ2v) is 3.43. The molecule has 0 aromatic rings. The molecule has 0 N–H and O–H groups in total. The average Bonchev–Trinajstić information content (AvgIpc) is 2.17. The van der Waals surface area contributed by atoms with Crippen LogP contribution in [0, 0.1) is 0 Å². The Balaban J connectivity index is 2.30. The van der Waals surface area contributed by atoms with E-state index in [1.165, 1.54) is 6.42 Å². The molecule has 3 heteroatoms. The van der Waals surface area contributed by atoms with E-state index in [4.69, 9.17) is 0 Å². The maximum Gasteiger partial charge on any atom is 0.209 e. The van der Waals surface area contributed by atoms with Gasteiger partial charge in [0.05, 0.1) is 0 Å². The molecule has 0 aromatic carbocycles. The highest BCUT2D eigenvalue weighted by atomic mass is 16.1. The van der Waals surface area contributed by atoms with Gasteiger partial charge in [0.25, 0.3) is 0 Å². The minimum Gasteiger partial charge on any atom is -0.343 e. The molecule has 1 aliphatic heterocycles. The van der Waals surface area contributed by atoms with E-state index in [1.807, 2.05) is 4.90 Å². The molecule has 0 unspecified atom stereocenters. The van der Waals surface area contributed by atoms with Gasteiger partial charge < -0.3 is 4.90 Å². The van der Waals surface area contributed by atoms with E-state index in [-0.39, 0.29) is 0 Å². The first kappa shape index (κ1) is 9.52. The van der Waals surface area contributed by atoms with Crippen molar-refractivity contribution >= 4 is 6.41 Å². The van der Waals surface area contributed by atoms with Gasteiger partial charge in [-0.1, -0.05) is 6.92 Å². The quantitative estimate of drug-likeness (QED) is 0.578. The van der Waals surface area contributed by atoms with Crippen LogP contribution in [0.1, 0.15) is 20.3 Å². The average molecular weight is 170 g/mol. The van der Waals surface area contributed by atoms with Crippen molar-refractivity contribution in [1.29, 1.82) is 0 Å². The number of hydrogen-bond acceptors (Lipinski definition) is 2. The Kier molecular flexibility index (Phi) is 3.53. The van der Waals surface area contributed by atoms with Crippen LogP contribution in [-0.2, 0) is 4.79 Å². The minimum atomic E-state index is 0.666. The van der Waals surface area contributed by atoms with Crippen molar-refractivity contribution in [3.63, 3.8) is 0 Å². The summed E-state index contributed by atoms with van der Waals surface area (Å²) < 4.78 is 0. The van der Waals surface area contributed by atoms with Gasteiger partial charge in [0.15, 0.2) is 0 Å². The van der Waals surface area contributed by atoms with Crippen molar-refractivity contribution in [2.45, 2.75) is 26.3 Å². The molecule has 1 saturated heterocycles. The fourth-order valence-corrected chi connectivity index (χ4v) is 1.54. The molecule has 70 valence electrons. The van der Waals surface area contributed by atoms with Crippen LogP contribution in [0.4, 0.5) is 0 Å². The molecule has 0 saturated carbocycles. The number of hydrogen-bond donors (Lipinski definition) is 0. The third kappa shape index (κ3) is 2.21. The molecular weight excluding hydrogens is 152 g/mol. The molecule has 1 amide bonds. The SMILES string of the molecule is CC[C@@H](C)N1CCN(C=O)CC1. The minimum absolute atomic E-state index is 0.666. The monoisotopic (exact) mass is 170 g/mol. The van der Waals surface area contributed by atoms with E-state index in [0.29, 0.717) is 6.04 Å². The summed E-state index contributed by atoms with van der Waals surface area (Å²) in [6.07, 6.45) is 2.15. The number of rotatable bonds is 3. The molecule has 0 aliphatic carbocycles. The first-order valence-electron chi connectivity index (χ1n) is 4.71. The Labute approximate surface area is 74.3 Å². The molecule has 1 fully saturated rings. The van der Waals surface area contributed by atoms with Gasteiger partial charge in [-0.2, -0.15) is 0 Å². The van der Waals surface area contributed by atoms with Crippen molar-refractivity contribution in [3.8, 4) is 0 Å². The number of carbonyl (C=O) groups excluding carboxylic acids is 1. The van der Waals surface area contributed by atoms with Gasteiger partial charge in [-0.3, -0.25) is 9.69 Å². The van der Waals surface area contributed by atoms with Gasteiger partial charge in [-0.25, -0.2) is 0 Å². The van der Waals surface area contributed by atoms with Crippen molar-refractivity contribution < 1.29 is 4.79 Å². The number of carbonyl (C=O) groups is 1. The lowest BCUT2D eigenvalue weighted by Crippen LogP contribution is -2.48. The van der Waals surface area contributed by atoms with E-state index < -0.39 is 0 Å². The Hall–Kier alpha value is -0.570. The van der Waals surface area contributed by atoms with Gasteiger partial charge >= 0.3 is 0 Å². The Bertz CT molecular complexity index is 141. The third-order valence-electron chi connectivity index (χ3n) is 2.71. The maximum atomic E-state index is 10.4. The molecule has 0 spiro atoms. The van der Waals surface area contributed by atoms with Gasteiger partial charge in [0.2, 0.25) is 6.41 Å². The largest absolute Gasteiger partial charge is 0.343 e. The van der Waals surface area contributed by atoms with Gasteiger partial charge in [0.1, 0.15) is 0 Å². The first-order valence-corrected chi connectivity index (χ1v) is 4.71. The van der Waals surface area contributed by atoms with Crippen LogP contribution in [-0.4, -0.2) is 48.4 Å². The molecule has 0 aromatic heterocycles. The summed E-state index contributed by atoms with van der Waals surface area (Å²) in [6.45, 7) is 8.32. The summed E-state index contributed by atoms with van der Waals surface area (Å²) in [5.74, 6) is 0. The second-order valence-electron chi connectivity index (χ2n) is 3.43. The summed E-state index contributed by atoms with van der Waals surface area (Å²) in [7, 11) is 0. The highest BCUT2D eigenvalue weighted by molar-refractivity contribution is 5.47. The summed E-state index contributed by atoms with van der Waals surface area (Å²) in [4.78, 5) is 14.7. The highest BCUT2D eigenvalue weighted by Crippen LogP contribution is 2.06. The van der Waals surface area contributed by atoms with Gasteiger partial charge in [-0.05, 0) is 13.3 Å². The topological polar surface area (TPSA) is 23.6 Å². The smallest absolute Gasteiger partial charge is 0.209 e. The van der Waals surface area contributed by atoms with Crippen molar-refractivity contribution in [2.24, 2.45) is 0 Å². The number of nitrogens with zero attached hydrogens (tertiary/aromatic N) is 2. The predicted molar refractivity (Wildman–Crippen MR) is 49.0 cm³/mol. The summed E-state index contributed by atoms with van der Waals surface area (Å²) >= 11 is 0. The molecule has 12 heavy (non-hydrogen) atoms. The second kappa shape index (κ2) is 4.45. The zero-order valence-corrected chi connectivity index (χ0v) is 7.99. The molecular formula is C9H18N2O. The van der Waals surface area contributed by atoms with Crippen molar-refractivity contribution in [3.05, 3.63) is 0 Å². The van der Waals surface area contributed by atoms with E-state index in [0.717, 1.165) is 32.6 Å². The number of piperazine rings is 1. The molecule has 1 rings (SSSR count). The van der Waals surface area contributed by atoms with Crippen LogP contribution in [0.3, 0.4) is 0 Å². The zero-order valence-electron chi connectivity index (χ0n) is 7.99. The third-order valence-corrected chi connectivity index (χ3v) is 2.71. The van der Waals surface area contributed by atoms with Crippen LogP contribution in [0.5, 0.6) is 0 Å². The molecule has 1 heterocycles. The van der Waals surface area contributed by atoms with E-state index >= 15 is 0 Å². The highest BCUT2D eigenvalue weighted by Gasteiger charge is 2.18. The Morgan fingerprint density at radius 1 is 1.33 bits per heavy atom. The fourth-order valence-electron chi connectivity index (χ4n) is 1.54. The molecule has 3 nitrogen and oxygen atoms in total.